The van der Waals surface area contributed by atoms with Gasteiger partial charge in [0.05, 0.1) is 18.2 Å². The average Bonchev–Trinajstić information content (AvgIpc) is 3.36. The van der Waals surface area contributed by atoms with Gasteiger partial charge in [0.15, 0.2) is 5.82 Å². The van der Waals surface area contributed by atoms with Crippen LogP contribution in [0.15, 0.2) is 29.4 Å². The summed E-state index contributed by atoms with van der Waals surface area (Å²) in [4.78, 5) is 4.90. The van der Waals surface area contributed by atoms with Crippen LogP contribution in [0.3, 0.4) is 0 Å². The molecule has 0 radical (unpaired) electrons. The van der Waals surface area contributed by atoms with Gasteiger partial charge in [0.2, 0.25) is 0 Å². The average molecular weight is 345 g/mol. The molecule has 2 atom stereocenters. The maximum atomic E-state index is 10.2. The van der Waals surface area contributed by atoms with Gasteiger partial charge >= 0.3 is 0 Å². The minimum atomic E-state index is -0.199. The molecule has 2 unspecified atom stereocenters. The normalized spacial score (nSPS) is 25.3. The molecule has 26 heavy (non-hydrogen) atoms. The number of aliphatic imine (C=N–C) groups is 1. The SMILES string of the molecule is N#CC1C(C2CCNCC2)=Nc2[nH]ncc2C1c1cccc2c1CCC2. The number of hydrogen-bond acceptors (Lipinski definition) is 4. The molecule has 0 bridgehead atoms. The first-order valence-electron chi connectivity index (χ1n) is 9.69. The molecule has 3 aliphatic rings. The number of aryl methyl sites for hydroxylation is 1. The predicted octanol–water partition coefficient (Wildman–Crippen LogP) is 3.26. The standard InChI is InChI=1S/C21H23N5/c22-11-17-19(16-6-2-4-13-3-1-5-15(13)16)18-12-24-26-21(18)25-20(17)14-7-9-23-10-8-14/h2,4,6,12,14,17,19,23H,1,3,5,7-10H2,(H,24,26). The van der Waals surface area contributed by atoms with Crippen LogP contribution in [0.1, 0.15) is 47.4 Å². The minimum Gasteiger partial charge on any atom is -0.317 e. The lowest BCUT2D eigenvalue weighted by Gasteiger charge is -2.34. The van der Waals surface area contributed by atoms with Crippen molar-refractivity contribution in [3.63, 3.8) is 0 Å². The highest BCUT2D eigenvalue weighted by Crippen LogP contribution is 2.45. The molecule has 1 aliphatic carbocycles. The Labute approximate surface area is 153 Å². The number of nitrogens with one attached hydrogen (secondary N) is 2. The number of nitrogens with zero attached hydrogens (tertiary/aromatic N) is 3. The topological polar surface area (TPSA) is 76.9 Å². The maximum absolute atomic E-state index is 10.2. The van der Waals surface area contributed by atoms with Gasteiger partial charge in [-0.15, -0.1) is 0 Å². The molecule has 1 aromatic heterocycles. The van der Waals surface area contributed by atoms with Crippen molar-refractivity contribution in [3.8, 4) is 6.07 Å². The van der Waals surface area contributed by atoms with E-state index in [9.17, 15) is 5.26 Å². The zero-order valence-corrected chi connectivity index (χ0v) is 14.8. The van der Waals surface area contributed by atoms with Gasteiger partial charge in [-0.2, -0.15) is 10.4 Å². The van der Waals surface area contributed by atoms with Gasteiger partial charge in [0, 0.05) is 23.1 Å². The molecule has 3 heterocycles. The number of piperidine rings is 1. The van der Waals surface area contributed by atoms with E-state index in [1.807, 2.05) is 6.20 Å². The predicted molar refractivity (Wildman–Crippen MR) is 101 cm³/mol. The zero-order chi connectivity index (χ0) is 17.5. The lowest BCUT2D eigenvalue weighted by molar-refractivity contribution is 0.443. The molecular formula is C21H23N5. The molecule has 2 aliphatic heterocycles. The van der Waals surface area contributed by atoms with Crippen molar-refractivity contribution in [2.45, 2.75) is 38.0 Å². The Kier molecular flexibility index (Phi) is 3.86. The number of benzene rings is 1. The lowest BCUT2D eigenvalue weighted by atomic mass is 9.72. The van der Waals surface area contributed by atoms with Gasteiger partial charge in [0.25, 0.3) is 0 Å². The second-order valence-electron chi connectivity index (χ2n) is 7.66. The van der Waals surface area contributed by atoms with Crippen LogP contribution < -0.4 is 5.32 Å². The minimum absolute atomic E-state index is 0.0455. The van der Waals surface area contributed by atoms with Gasteiger partial charge in [-0.05, 0) is 61.9 Å². The van der Waals surface area contributed by atoms with Crippen molar-refractivity contribution in [2.75, 3.05) is 13.1 Å². The maximum Gasteiger partial charge on any atom is 0.151 e. The summed E-state index contributed by atoms with van der Waals surface area (Å²) in [5.74, 6) is 1.08. The summed E-state index contributed by atoms with van der Waals surface area (Å²) < 4.78 is 0. The van der Waals surface area contributed by atoms with E-state index < -0.39 is 0 Å². The Balaban J connectivity index is 1.65. The molecule has 0 spiro atoms. The van der Waals surface area contributed by atoms with Crippen LogP contribution in [0, 0.1) is 23.2 Å². The number of aromatic amines is 1. The van der Waals surface area contributed by atoms with Crippen LogP contribution in [-0.2, 0) is 12.8 Å². The largest absolute Gasteiger partial charge is 0.317 e. The first-order valence-corrected chi connectivity index (χ1v) is 9.69. The van der Waals surface area contributed by atoms with E-state index in [0.29, 0.717) is 5.92 Å². The van der Waals surface area contributed by atoms with E-state index in [2.05, 4.69) is 39.8 Å². The molecule has 5 rings (SSSR count). The summed E-state index contributed by atoms with van der Waals surface area (Å²) >= 11 is 0. The lowest BCUT2D eigenvalue weighted by Crippen LogP contribution is -2.37. The molecule has 1 fully saturated rings. The number of H-pyrrole nitrogens is 1. The molecule has 0 saturated carbocycles. The van der Waals surface area contributed by atoms with Gasteiger partial charge in [-0.3, -0.25) is 5.10 Å². The molecule has 1 aromatic carbocycles. The fourth-order valence-electron chi connectivity index (χ4n) is 5.05. The highest BCUT2D eigenvalue weighted by atomic mass is 15.2. The highest BCUT2D eigenvalue weighted by Gasteiger charge is 2.40. The Morgan fingerprint density at radius 3 is 2.85 bits per heavy atom. The second kappa shape index (κ2) is 6.37. The first kappa shape index (κ1) is 15.8. The van der Waals surface area contributed by atoms with E-state index in [-0.39, 0.29) is 11.8 Å². The zero-order valence-electron chi connectivity index (χ0n) is 14.8. The molecular weight excluding hydrogens is 322 g/mol. The van der Waals surface area contributed by atoms with Crippen molar-refractivity contribution in [3.05, 3.63) is 46.6 Å². The molecule has 2 N–H and O–H groups in total. The van der Waals surface area contributed by atoms with Crippen molar-refractivity contribution >= 4 is 11.5 Å². The van der Waals surface area contributed by atoms with Crippen molar-refractivity contribution in [1.29, 1.82) is 5.26 Å². The van der Waals surface area contributed by atoms with Crippen LogP contribution in [0.25, 0.3) is 0 Å². The number of nitriles is 1. The Bertz CT molecular complexity index is 897. The van der Waals surface area contributed by atoms with Gasteiger partial charge in [-0.25, -0.2) is 4.99 Å². The second-order valence-corrected chi connectivity index (χ2v) is 7.66. The Morgan fingerprint density at radius 1 is 1.12 bits per heavy atom. The van der Waals surface area contributed by atoms with Crippen molar-refractivity contribution < 1.29 is 0 Å². The third kappa shape index (κ3) is 2.40. The molecule has 0 amide bonds. The van der Waals surface area contributed by atoms with E-state index in [4.69, 9.17) is 4.99 Å². The van der Waals surface area contributed by atoms with Gasteiger partial charge in [0.1, 0.15) is 0 Å². The van der Waals surface area contributed by atoms with E-state index in [1.54, 1.807) is 0 Å². The highest BCUT2D eigenvalue weighted by molar-refractivity contribution is 5.96. The van der Waals surface area contributed by atoms with Crippen LogP contribution in [0.4, 0.5) is 5.82 Å². The molecule has 132 valence electrons. The quantitative estimate of drug-likeness (QED) is 0.877. The van der Waals surface area contributed by atoms with Crippen LogP contribution in [0.2, 0.25) is 0 Å². The summed E-state index contributed by atoms with van der Waals surface area (Å²) in [6.45, 7) is 2.01. The Morgan fingerprint density at radius 2 is 2.00 bits per heavy atom. The fraction of sp³-hybridized carbons (Fsp3) is 0.476. The number of aromatic nitrogens is 2. The molecule has 5 nitrogen and oxygen atoms in total. The van der Waals surface area contributed by atoms with E-state index in [1.165, 1.54) is 23.1 Å². The summed E-state index contributed by atoms with van der Waals surface area (Å²) in [7, 11) is 0. The summed E-state index contributed by atoms with van der Waals surface area (Å²) in [5.41, 5.74) is 6.36. The van der Waals surface area contributed by atoms with E-state index in [0.717, 1.165) is 55.9 Å². The number of rotatable bonds is 2. The fourth-order valence-corrected chi connectivity index (χ4v) is 5.05. The summed E-state index contributed by atoms with van der Waals surface area (Å²) in [6, 6.07) is 9.25. The summed E-state index contributed by atoms with van der Waals surface area (Å²) in [5, 5.41) is 20.9. The van der Waals surface area contributed by atoms with Crippen molar-refractivity contribution in [1.82, 2.24) is 15.5 Å². The molecule has 1 saturated heterocycles. The Hall–Kier alpha value is -2.45. The monoisotopic (exact) mass is 345 g/mol. The van der Waals surface area contributed by atoms with Gasteiger partial charge in [-0.1, -0.05) is 18.2 Å². The first-order chi connectivity index (χ1) is 12.9. The van der Waals surface area contributed by atoms with Crippen molar-refractivity contribution in [2.24, 2.45) is 16.8 Å². The van der Waals surface area contributed by atoms with Crippen LogP contribution >= 0.6 is 0 Å². The summed E-state index contributed by atoms with van der Waals surface area (Å²) in [6.07, 6.45) is 7.47. The van der Waals surface area contributed by atoms with Crippen LogP contribution in [-0.4, -0.2) is 29.0 Å². The molecule has 5 heteroatoms. The smallest absolute Gasteiger partial charge is 0.151 e. The third-order valence-electron chi connectivity index (χ3n) is 6.29. The number of hydrogen-bond donors (Lipinski definition) is 2. The molecule has 2 aromatic rings. The van der Waals surface area contributed by atoms with Gasteiger partial charge < -0.3 is 5.32 Å². The van der Waals surface area contributed by atoms with E-state index >= 15 is 0 Å². The third-order valence-corrected chi connectivity index (χ3v) is 6.29. The van der Waals surface area contributed by atoms with Crippen LogP contribution in [0.5, 0.6) is 0 Å². The number of fused-ring (bicyclic) bond motifs is 2.